The van der Waals surface area contributed by atoms with Crippen LogP contribution in [0.3, 0.4) is 0 Å². The second kappa shape index (κ2) is 7.17. The Labute approximate surface area is 145 Å². The van der Waals surface area contributed by atoms with E-state index >= 15 is 0 Å². The van der Waals surface area contributed by atoms with Crippen molar-refractivity contribution in [2.75, 3.05) is 7.11 Å². The van der Waals surface area contributed by atoms with E-state index in [1.165, 1.54) is 7.11 Å². The maximum Gasteiger partial charge on any atom is 0.341 e. The van der Waals surface area contributed by atoms with E-state index in [2.05, 4.69) is 4.98 Å². The summed E-state index contributed by atoms with van der Waals surface area (Å²) in [7, 11) is 1.34. The average molecular weight is 338 g/mol. The predicted molar refractivity (Wildman–Crippen MR) is 91.9 cm³/mol. The minimum atomic E-state index is -0.431. The highest BCUT2D eigenvalue weighted by atomic mass is 16.5. The molecule has 0 aliphatic rings. The van der Waals surface area contributed by atoms with Crippen molar-refractivity contribution in [1.82, 2.24) is 9.38 Å². The highest BCUT2D eigenvalue weighted by molar-refractivity contribution is 5.96. The molecule has 2 aromatic heterocycles. The number of rotatable bonds is 6. The molecule has 6 nitrogen and oxygen atoms in total. The molecule has 0 saturated carbocycles. The Hall–Kier alpha value is -3.15. The van der Waals surface area contributed by atoms with Crippen LogP contribution in [0, 0.1) is 0 Å². The zero-order valence-electron chi connectivity index (χ0n) is 14.1. The molecule has 6 heteroatoms. The Balaban J connectivity index is 1.75. The summed E-state index contributed by atoms with van der Waals surface area (Å²) in [6.45, 7) is 2.09. The van der Waals surface area contributed by atoms with Crippen molar-refractivity contribution in [1.29, 1.82) is 0 Å². The van der Waals surface area contributed by atoms with E-state index in [1.54, 1.807) is 47.0 Å². The molecule has 25 heavy (non-hydrogen) atoms. The number of carbonyl (C=O) groups excluding carboxylic acids is 2. The highest BCUT2D eigenvalue weighted by Crippen LogP contribution is 2.17. The number of hydrogen-bond donors (Lipinski definition) is 0. The Morgan fingerprint density at radius 3 is 2.60 bits per heavy atom. The van der Waals surface area contributed by atoms with E-state index in [0.717, 1.165) is 0 Å². The second-order valence-corrected chi connectivity index (χ2v) is 5.47. The molecule has 0 atom stereocenters. The average Bonchev–Trinajstić information content (AvgIpc) is 3.08. The third kappa shape index (κ3) is 3.52. The minimum absolute atomic E-state index is 0.0993. The summed E-state index contributed by atoms with van der Waals surface area (Å²) in [5, 5.41) is 0. The largest absolute Gasteiger partial charge is 0.487 e. The van der Waals surface area contributed by atoms with Gasteiger partial charge in [0, 0.05) is 24.4 Å². The van der Waals surface area contributed by atoms with Crippen molar-refractivity contribution in [2.45, 2.75) is 20.0 Å². The summed E-state index contributed by atoms with van der Waals surface area (Å²) in [5.41, 5.74) is 2.28. The molecular weight excluding hydrogens is 320 g/mol. The minimum Gasteiger partial charge on any atom is -0.487 e. The first-order valence-electron chi connectivity index (χ1n) is 7.93. The van der Waals surface area contributed by atoms with Crippen molar-refractivity contribution in [3.8, 4) is 5.75 Å². The number of nitrogens with zero attached hydrogens (tertiary/aromatic N) is 2. The summed E-state index contributed by atoms with van der Waals surface area (Å²) >= 11 is 0. The number of aromatic nitrogens is 2. The summed E-state index contributed by atoms with van der Waals surface area (Å²) in [6, 6.07) is 10.5. The zero-order valence-corrected chi connectivity index (χ0v) is 14.1. The topological polar surface area (TPSA) is 69.9 Å². The van der Waals surface area contributed by atoms with Crippen molar-refractivity contribution in [3.05, 3.63) is 65.6 Å². The van der Waals surface area contributed by atoms with Gasteiger partial charge in [0.25, 0.3) is 0 Å². The third-order valence-corrected chi connectivity index (χ3v) is 3.82. The van der Waals surface area contributed by atoms with Gasteiger partial charge in [-0.25, -0.2) is 9.78 Å². The molecule has 0 aliphatic carbocycles. The molecule has 0 fully saturated rings. The van der Waals surface area contributed by atoms with Gasteiger partial charge >= 0.3 is 5.97 Å². The molecule has 0 aliphatic heterocycles. The van der Waals surface area contributed by atoms with Gasteiger partial charge in [-0.15, -0.1) is 0 Å². The number of carbonyl (C=O) groups is 2. The van der Waals surface area contributed by atoms with Crippen LogP contribution in [-0.2, 0) is 11.3 Å². The molecule has 0 amide bonds. The van der Waals surface area contributed by atoms with Gasteiger partial charge < -0.3 is 13.9 Å². The fourth-order valence-electron chi connectivity index (χ4n) is 2.50. The summed E-state index contributed by atoms with van der Waals surface area (Å²) in [4.78, 5) is 27.9. The first kappa shape index (κ1) is 16.7. The zero-order chi connectivity index (χ0) is 17.8. The Morgan fingerprint density at radius 2 is 1.92 bits per heavy atom. The molecule has 0 bridgehead atoms. The normalized spacial score (nSPS) is 10.6. The number of pyridine rings is 1. The lowest BCUT2D eigenvalue weighted by Gasteiger charge is -2.05. The number of fused-ring (bicyclic) bond motifs is 1. The number of hydrogen-bond acceptors (Lipinski definition) is 5. The third-order valence-electron chi connectivity index (χ3n) is 3.82. The van der Waals surface area contributed by atoms with Crippen molar-refractivity contribution in [3.63, 3.8) is 0 Å². The van der Waals surface area contributed by atoms with Crippen LogP contribution in [0.5, 0.6) is 5.75 Å². The molecule has 0 radical (unpaired) electrons. The monoisotopic (exact) mass is 338 g/mol. The van der Waals surface area contributed by atoms with Crippen LogP contribution in [0.15, 0.2) is 48.8 Å². The summed E-state index contributed by atoms with van der Waals surface area (Å²) in [5.74, 6) is 0.319. The SMILES string of the molecule is CCC(=O)c1ccc(OCc2cn3cccc(C(=O)OC)c3n2)cc1. The number of Topliss-reactive ketones (excluding diaryl/α,β-unsaturated/α-hetero) is 1. The molecule has 0 saturated heterocycles. The number of ketones is 1. The Bertz CT molecular complexity index is 913. The van der Waals surface area contributed by atoms with Crippen LogP contribution in [0.1, 0.15) is 39.8 Å². The number of methoxy groups -OCH3 is 1. The number of imidazole rings is 1. The van der Waals surface area contributed by atoms with E-state index in [4.69, 9.17) is 9.47 Å². The summed E-state index contributed by atoms with van der Waals surface area (Å²) < 4.78 is 12.2. The van der Waals surface area contributed by atoms with E-state index in [9.17, 15) is 9.59 Å². The van der Waals surface area contributed by atoms with Crippen molar-refractivity contribution in [2.24, 2.45) is 0 Å². The van der Waals surface area contributed by atoms with Crippen LogP contribution in [0.2, 0.25) is 0 Å². The van der Waals surface area contributed by atoms with Crippen LogP contribution >= 0.6 is 0 Å². The van der Waals surface area contributed by atoms with E-state index in [-0.39, 0.29) is 12.4 Å². The molecular formula is C19H18N2O4. The molecule has 3 aromatic rings. The van der Waals surface area contributed by atoms with E-state index in [0.29, 0.717) is 34.6 Å². The molecule has 0 unspecified atom stereocenters. The quantitative estimate of drug-likeness (QED) is 0.509. The molecule has 3 rings (SSSR count). The predicted octanol–water partition coefficient (Wildman–Crippen LogP) is 3.29. The van der Waals surface area contributed by atoms with Gasteiger partial charge in [-0.3, -0.25) is 4.79 Å². The van der Waals surface area contributed by atoms with Gasteiger partial charge in [-0.05, 0) is 36.4 Å². The number of esters is 1. The van der Waals surface area contributed by atoms with Gasteiger partial charge in [-0.1, -0.05) is 6.92 Å². The number of ether oxygens (including phenoxy) is 2. The molecule has 0 N–H and O–H groups in total. The maximum absolute atomic E-state index is 11.8. The lowest BCUT2D eigenvalue weighted by molar-refractivity contribution is 0.0602. The second-order valence-electron chi connectivity index (χ2n) is 5.47. The van der Waals surface area contributed by atoms with Crippen molar-refractivity contribution < 1.29 is 19.1 Å². The van der Waals surface area contributed by atoms with Crippen molar-refractivity contribution >= 4 is 17.4 Å². The van der Waals surface area contributed by atoms with E-state index < -0.39 is 5.97 Å². The van der Waals surface area contributed by atoms with E-state index in [1.807, 2.05) is 13.1 Å². The van der Waals surface area contributed by atoms with Crippen LogP contribution in [-0.4, -0.2) is 28.2 Å². The van der Waals surface area contributed by atoms with Crippen LogP contribution in [0.25, 0.3) is 5.65 Å². The van der Waals surface area contributed by atoms with Gasteiger partial charge in [0.2, 0.25) is 0 Å². The van der Waals surface area contributed by atoms with Gasteiger partial charge in [0.1, 0.15) is 17.9 Å². The van der Waals surface area contributed by atoms with Gasteiger partial charge in [-0.2, -0.15) is 0 Å². The van der Waals surface area contributed by atoms with Gasteiger partial charge in [0.05, 0.1) is 12.8 Å². The maximum atomic E-state index is 11.8. The first-order chi connectivity index (χ1) is 12.1. The Morgan fingerprint density at radius 1 is 1.16 bits per heavy atom. The Kier molecular flexibility index (Phi) is 4.79. The lowest BCUT2D eigenvalue weighted by atomic mass is 10.1. The lowest BCUT2D eigenvalue weighted by Crippen LogP contribution is -2.03. The molecule has 1 aromatic carbocycles. The fraction of sp³-hybridized carbons (Fsp3) is 0.211. The number of benzene rings is 1. The highest BCUT2D eigenvalue weighted by Gasteiger charge is 2.13. The smallest absolute Gasteiger partial charge is 0.341 e. The van der Waals surface area contributed by atoms with Crippen LogP contribution < -0.4 is 4.74 Å². The molecule has 2 heterocycles. The molecule has 128 valence electrons. The van der Waals surface area contributed by atoms with Gasteiger partial charge in [0.15, 0.2) is 11.4 Å². The summed E-state index contributed by atoms with van der Waals surface area (Å²) in [6.07, 6.45) is 4.09. The standard InChI is InChI=1S/C19H18N2O4/c1-3-17(22)13-6-8-15(9-7-13)25-12-14-11-21-10-4-5-16(18(21)20-14)19(23)24-2/h4-11H,3,12H2,1-2H3. The molecule has 0 spiro atoms. The van der Waals surface area contributed by atoms with Crippen LogP contribution in [0.4, 0.5) is 0 Å². The fourth-order valence-corrected chi connectivity index (χ4v) is 2.50. The first-order valence-corrected chi connectivity index (χ1v) is 7.93.